The van der Waals surface area contributed by atoms with E-state index in [1.165, 1.54) is 38.5 Å². The van der Waals surface area contributed by atoms with Crippen molar-refractivity contribution >= 4 is 0 Å². The second kappa shape index (κ2) is 5.69. The van der Waals surface area contributed by atoms with Crippen LogP contribution in [0.4, 0.5) is 0 Å². The fourth-order valence-corrected chi connectivity index (χ4v) is 2.49. The monoisotopic (exact) mass is 210 g/mol. The Morgan fingerprint density at radius 2 is 2.07 bits per heavy atom. The SMILES string of the molecule is C=CC1CC(CCCCCC)OC1(C)C. The van der Waals surface area contributed by atoms with E-state index in [4.69, 9.17) is 4.74 Å². The summed E-state index contributed by atoms with van der Waals surface area (Å²) in [5, 5.41) is 0. The summed E-state index contributed by atoms with van der Waals surface area (Å²) in [6.07, 6.45) is 10.3. The van der Waals surface area contributed by atoms with Crippen molar-refractivity contribution in [1.82, 2.24) is 0 Å². The fraction of sp³-hybridized carbons (Fsp3) is 0.857. The molecule has 1 aliphatic rings. The first kappa shape index (κ1) is 12.8. The Morgan fingerprint density at radius 1 is 1.33 bits per heavy atom. The normalized spacial score (nSPS) is 29.3. The summed E-state index contributed by atoms with van der Waals surface area (Å²) >= 11 is 0. The van der Waals surface area contributed by atoms with Crippen molar-refractivity contribution in [3.8, 4) is 0 Å². The van der Waals surface area contributed by atoms with Crippen molar-refractivity contribution in [2.45, 2.75) is 71.0 Å². The van der Waals surface area contributed by atoms with Crippen molar-refractivity contribution in [3.05, 3.63) is 12.7 Å². The molecule has 0 spiro atoms. The molecular weight excluding hydrogens is 184 g/mol. The Balaban J connectivity index is 2.26. The largest absolute Gasteiger partial charge is 0.372 e. The summed E-state index contributed by atoms with van der Waals surface area (Å²) in [5.41, 5.74) is 0.0111. The molecule has 2 unspecified atom stereocenters. The molecule has 0 amide bonds. The first-order chi connectivity index (χ1) is 7.10. The molecule has 0 N–H and O–H groups in total. The maximum Gasteiger partial charge on any atom is 0.0693 e. The van der Waals surface area contributed by atoms with Gasteiger partial charge in [0.05, 0.1) is 11.7 Å². The lowest BCUT2D eigenvalue weighted by molar-refractivity contribution is -0.0285. The Labute approximate surface area is 94.9 Å². The van der Waals surface area contributed by atoms with Gasteiger partial charge in [-0.15, -0.1) is 6.58 Å². The van der Waals surface area contributed by atoms with Crippen LogP contribution >= 0.6 is 0 Å². The van der Waals surface area contributed by atoms with Gasteiger partial charge in [0, 0.05) is 5.92 Å². The molecule has 2 atom stereocenters. The quantitative estimate of drug-likeness (QED) is 0.468. The van der Waals surface area contributed by atoms with E-state index >= 15 is 0 Å². The summed E-state index contributed by atoms with van der Waals surface area (Å²) in [7, 11) is 0. The van der Waals surface area contributed by atoms with Crippen LogP contribution in [-0.2, 0) is 4.74 Å². The van der Waals surface area contributed by atoms with Gasteiger partial charge in [-0.2, -0.15) is 0 Å². The van der Waals surface area contributed by atoms with Crippen LogP contribution < -0.4 is 0 Å². The summed E-state index contributed by atoms with van der Waals surface area (Å²) in [5.74, 6) is 0.536. The minimum atomic E-state index is 0.0111. The molecule has 1 aliphatic heterocycles. The maximum absolute atomic E-state index is 6.06. The molecule has 0 aromatic rings. The second-order valence-electron chi connectivity index (χ2n) is 5.27. The highest BCUT2D eigenvalue weighted by Gasteiger charge is 2.39. The molecule has 1 nitrogen and oxygen atoms in total. The molecule has 88 valence electrons. The van der Waals surface area contributed by atoms with E-state index in [1.807, 2.05) is 0 Å². The van der Waals surface area contributed by atoms with Gasteiger partial charge in [0.2, 0.25) is 0 Å². The lowest BCUT2D eigenvalue weighted by Crippen LogP contribution is -2.26. The van der Waals surface area contributed by atoms with Crippen molar-refractivity contribution in [2.24, 2.45) is 5.92 Å². The van der Waals surface area contributed by atoms with Gasteiger partial charge >= 0.3 is 0 Å². The van der Waals surface area contributed by atoms with E-state index in [0.717, 1.165) is 0 Å². The van der Waals surface area contributed by atoms with Gasteiger partial charge in [-0.05, 0) is 26.7 Å². The molecule has 1 rings (SSSR count). The van der Waals surface area contributed by atoms with E-state index in [0.29, 0.717) is 12.0 Å². The summed E-state index contributed by atoms with van der Waals surface area (Å²) < 4.78 is 6.06. The van der Waals surface area contributed by atoms with Crippen LogP contribution in [0.15, 0.2) is 12.7 Å². The highest BCUT2D eigenvalue weighted by atomic mass is 16.5. The standard InChI is InChI=1S/C14H26O/c1-5-7-8-9-10-13-11-12(6-2)14(3,4)15-13/h6,12-13H,2,5,7-11H2,1,3-4H3. The Hall–Kier alpha value is -0.300. The molecule has 1 saturated heterocycles. The highest BCUT2D eigenvalue weighted by Crippen LogP contribution is 2.38. The average Bonchev–Trinajstić information content (AvgIpc) is 2.48. The number of hydrogen-bond donors (Lipinski definition) is 0. The summed E-state index contributed by atoms with van der Waals surface area (Å²) in [6, 6.07) is 0. The Kier molecular flexibility index (Phi) is 4.85. The molecule has 0 saturated carbocycles. The van der Waals surface area contributed by atoms with Crippen LogP contribution in [0.5, 0.6) is 0 Å². The summed E-state index contributed by atoms with van der Waals surface area (Å²) in [4.78, 5) is 0. The minimum absolute atomic E-state index is 0.0111. The van der Waals surface area contributed by atoms with Gasteiger partial charge in [0.1, 0.15) is 0 Å². The van der Waals surface area contributed by atoms with Gasteiger partial charge in [-0.25, -0.2) is 0 Å². The van der Waals surface area contributed by atoms with E-state index in [-0.39, 0.29) is 5.60 Å². The molecule has 0 aromatic heterocycles. The van der Waals surface area contributed by atoms with Gasteiger partial charge in [-0.1, -0.05) is 38.7 Å². The van der Waals surface area contributed by atoms with Crippen molar-refractivity contribution in [2.75, 3.05) is 0 Å². The van der Waals surface area contributed by atoms with Gasteiger partial charge in [0.25, 0.3) is 0 Å². The molecular formula is C14H26O. The van der Waals surface area contributed by atoms with Crippen molar-refractivity contribution < 1.29 is 4.74 Å². The van der Waals surface area contributed by atoms with Crippen LogP contribution in [0, 0.1) is 5.92 Å². The third-order valence-electron chi connectivity index (χ3n) is 3.54. The zero-order valence-corrected chi connectivity index (χ0v) is 10.6. The molecule has 1 heterocycles. The van der Waals surface area contributed by atoms with Gasteiger partial charge in [0.15, 0.2) is 0 Å². The van der Waals surface area contributed by atoms with Crippen LogP contribution in [0.25, 0.3) is 0 Å². The van der Waals surface area contributed by atoms with Crippen LogP contribution in [-0.4, -0.2) is 11.7 Å². The van der Waals surface area contributed by atoms with Gasteiger partial charge < -0.3 is 4.74 Å². The third-order valence-corrected chi connectivity index (χ3v) is 3.54. The predicted molar refractivity (Wildman–Crippen MR) is 66.0 cm³/mol. The fourth-order valence-electron chi connectivity index (χ4n) is 2.49. The first-order valence-corrected chi connectivity index (χ1v) is 6.40. The second-order valence-corrected chi connectivity index (χ2v) is 5.27. The highest BCUT2D eigenvalue weighted by molar-refractivity contribution is 4.98. The van der Waals surface area contributed by atoms with Crippen molar-refractivity contribution in [3.63, 3.8) is 0 Å². The number of unbranched alkanes of at least 4 members (excludes halogenated alkanes) is 3. The minimum Gasteiger partial charge on any atom is -0.372 e. The maximum atomic E-state index is 6.06. The first-order valence-electron chi connectivity index (χ1n) is 6.40. The van der Waals surface area contributed by atoms with E-state index in [1.54, 1.807) is 0 Å². The van der Waals surface area contributed by atoms with E-state index in [2.05, 4.69) is 33.4 Å². The van der Waals surface area contributed by atoms with Crippen molar-refractivity contribution in [1.29, 1.82) is 0 Å². The molecule has 1 heteroatoms. The molecule has 15 heavy (non-hydrogen) atoms. The number of ether oxygens (including phenoxy) is 1. The number of rotatable bonds is 6. The van der Waals surface area contributed by atoms with Gasteiger partial charge in [-0.3, -0.25) is 0 Å². The average molecular weight is 210 g/mol. The Morgan fingerprint density at radius 3 is 2.60 bits per heavy atom. The lowest BCUT2D eigenvalue weighted by Gasteiger charge is -2.23. The molecule has 0 aliphatic carbocycles. The molecule has 0 bridgehead atoms. The van der Waals surface area contributed by atoms with Crippen LogP contribution in [0.1, 0.15) is 59.3 Å². The smallest absolute Gasteiger partial charge is 0.0693 e. The zero-order valence-electron chi connectivity index (χ0n) is 10.6. The third kappa shape index (κ3) is 3.64. The molecule has 0 radical (unpaired) electrons. The van der Waals surface area contributed by atoms with E-state index < -0.39 is 0 Å². The lowest BCUT2D eigenvalue weighted by atomic mass is 9.89. The van der Waals surface area contributed by atoms with E-state index in [9.17, 15) is 0 Å². The number of hydrogen-bond acceptors (Lipinski definition) is 1. The molecule has 0 aromatic carbocycles. The molecule has 1 fully saturated rings. The van der Waals surface area contributed by atoms with Crippen LogP contribution in [0.3, 0.4) is 0 Å². The summed E-state index contributed by atoms with van der Waals surface area (Å²) in [6.45, 7) is 10.5. The Bertz CT molecular complexity index is 196. The van der Waals surface area contributed by atoms with Crippen LogP contribution in [0.2, 0.25) is 0 Å². The topological polar surface area (TPSA) is 9.23 Å². The predicted octanol–water partition coefficient (Wildman–Crippen LogP) is 4.33. The zero-order chi connectivity index (χ0) is 11.3.